The molecule has 34 heavy (non-hydrogen) atoms. The molecule has 0 N–H and O–H groups in total. The van der Waals surface area contributed by atoms with Crippen LogP contribution >= 0.6 is 0 Å². The van der Waals surface area contributed by atoms with Crippen LogP contribution in [-0.4, -0.2) is 34.6 Å². The molecule has 1 fully saturated rings. The first kappa shape index (κ1) is 23.8. The molecule has 0 aliphatic heterocycles. The summed E-state index contributed by atoms with van der Waals surface area (Å²) in [6.07, 6.45) is -2.42. The summed E-state index contributed by atoms with van der Waals surface area (Å²) in [5.41, 5.74) is -0.740. The van der Waals surface area contributed by atoms with Crippen LogP contribution in [0.5, 0.6) is 5.75 Å². The van der Waals surface area contributed by atoms with Gasteiger partial charge in [0.1, 0.15) is 5.75 Å². The SMILES string of the molecule is COC(=O)C(C)(C)OCc1cc(-c2cccc(OC3CC3)c2)n(-c2ccccc2C(F)(F)F)n1. The van der Waals surface area contributed by atoms with Crippen LogP contribution in [0.3, 0.4) is 0 Å². The molecule has 0 radical (unpaired) electrons. The van der Waals surface area contributed by atoms with E-state index in [4.69, 9.17) is 14.2 Å². The van der Waals surface area contributed by atoms with Gasteiger partial charge in [-0.1, -0.05) is 24.3 Å². The Bertz CT molecular complexity index is 1180. The number of alkyl halides is 3. The number of carbonyl (C=O) groups excluding carboxylic acids is 1. The number of hydrogen-bond acceptors (Lipinski definition) is 5. The molecule has 2 aromatic carbocycles. The molecule has 1 aliphatic rings. The van der Waals surface area contributed by atoms with Crippen molar-refractivity contribution in [2.45, 2.75) is 51.2 Å². The van der Waals surface area contributed by atoms with E-state index in [1.165, 1.54) is 30.0 Å². The summed E-state index contributed by atoms with van der Waals surface area (Å²) in [6.45, 7) is 3.00. The van der Waals surface area contributed by atoms with Gasteiger partial charge in [0.25, 0.3) is 0 Å². The molecule has 0 bridgehead atoms. The van der Waals surface area contributed by atoms with E-state index in [1.807, 2.05) is 6.07 Å². The average Bonchev–Trinajstić information content (AvgIpc) is 3.51. The molecule has 0 unspecified atom stereocenters. The molecule has 1 saturated carbocycles. The summed E-state index contributed by atoms with van der Waals surface area (Å²) in [4.78, 5) is 11.9. The van der Waals surface area contributed by atoms with Gasteiger partial charge in [-0.25, -0.2) is 9.48 Å². The minimum atomic E-state index is -4.57. The molecule has 0 amide bonds. The zero-order chi connectivity index (χ0) is 24.5. The van der Waals surface area contributed by atoms with Crippen LogP contribution in [0, 0.1) is 0 Å². The highest BCUT2D eigenvalue weighted by Crippen LogP contribution is 2.36. The van der Waals surface area contributed by atoms with Gasteiger partial charge in [-0.3, -0.25) is 0 Å². The van der Waals surface area contributed by atoms with Crippen molar-refractivity contribution in [1.29, 1.82) is 0 Å². The summed E-state index contributed by atoms with van der Waals surface area (Å²) in [5, 5.41) is 4.42. The van der Waals surface area contributed by atoms with Crippen LogP contribution in [0.4, 0.5) is 13.2 Å². The lowest BCUT2D eigenvalue weighted by Gasteiger charge is -2.21. The minimum Gasteiger partial charge on any atom is -0.490 e. The number of para-hydroxylation sites is 1. The highest BCUT2D eigenvalue weighted by atomic mass is 19.4. The van der Waals surface area contributed by atoms with Crippen molar-refractivity contribution in [2.75, 3.05) is 7.11 Å². The average molecular weight is 474 g/mol. The van der Waals surface area contributed by atoms with Crippen LogP contribution in [0.1, 0.15) is 37.9 Å². The second-order valence-corrected chi connectivity index (χ2v) is 8.58. The molecule has 9 heteroatoms. The number of benzene rings is 2. The Balaban J connectivity index is 1.76. The van der Waals surface area contributed by atoms with Gasteiger partial charge in [0.2, 0.25) is 0 Å². The molecular weight excluding hydrogens is 449 g/mol. The first-order chi connectivity index (χ1) is 16.1. The third-order valence-electron chi connectivity index (χ3n) is 5.41. The molecule has 0 saturated heterocycles. The Kier molecular flexibility index (Phi) is 6.40. The smallest absolute Gasteiger partial charge is 0.418 e. The van der Waals surface area contributed by atoms with Gasteiger partial charge in [-0.05, 0) is 57.0 Å². The maximum absolute atomic E-state index is 13.8. The summed E-state index contributed by atoms with van der Waals surface area (Å²) in [6, 6.07) is 14.1. The number of rotatable bonds is 8. The number of halogens is 3. The molecule has 1 aliphatic carbocycles. The van der Waals surface area contributed by atoms with Crippen molar-refractivity contribution in [3.8, 4) is 22.7 Å². The first-order valence-corrected chi connectivity index (χ1v) is 10.8. The fourth-order valence-corrected chi connectivity index (χ4v) is 3.45. The number of ether oxygens (including phenoxy) is 3. The summed E-state index contributed by atoms with van der Waals surface area (Å²) in [7, 11) is 1.25. The highest BCUT2D eigenvalue weighted by molar-refractivity contribution is 5.78. The summed E-state index contributed by atoms with van der Waals surface area (Å²) < 4.78 is 58.9. The lowest BCUT2D eigenvalue weighted by molar-refractivity contribution is -0.166. The molecule has 0 atom stereocenters. The van der Waals surface area contributed by atoms with E-state index >= 15 is 0 Å². The predicted molar refractivity (Wildman–Crippen MR) is 119 cm³/mol. The van der Waals surface area contributed by atoms with Crippen molar-refractivity contribution in [1.82, 2.24) is 9.78 Å². The van der Waals surface area contributed by atoms with Gasteiger partial charge < -0.3 is 14.2 Å². The van der Waals surface area contributed by atoms with Crippen LogP contribution in [-0.2, 0) is 27.1 Å². The third kappa shape index (κ3) is 5.25. The molecule has 4 rings (SSSR count). The van der Waals surface area contributed by atoms with Gasteiger partial charge in [0.05, 0.1) is 42.5 Å². The molecular formula is C25H25F3N2O4. The quantitative estimate of drug-likeness (QED) is 0.400. The number of aromatic nitrogens is 2. The fourth-order valence-electron chi connectivity index (χ4n) is 3.45. The summed E-state index contributed by atoms with van der Waals surface area (Å²) in [5.74, 6) is 0.0704. The van der Waals surface area contributed by atoms with E-state index in [2.05, 4.69) is 5.10 Å². The second-order valence-electron chi connectivity index (χ2n) is 8.58. The largest absolute Gasteiger partial charge is 0.490 e. The van der Waals surface area contributed by atoms with Gasteiger partial charge in [0, 0.05) is 5.56 Å². The van der Waals surface area contributed by atoms with E-state index in [0.717, 1.165) is 18.9 Å². The lowest BCUT2D eigenvalue weighted by Crippen LogP contribution is -2.35. The molecule has 3 aromatic rings. The molecule has 0 spiro atoms. The van der Waals surface area contributed by atoms with Gasteiger partial charge in [0.15, 0.2) is 5.60 Å². The van der Waals surface area contributed by atoms with Crippen LogP contribution in [0.2, 0.25) is 0 Å². The first-order valence-electron chi connectivity index (χ1n) is 10.8. The van der Waals surface area contributed by atoms with Crippen molar-refractivity contribution < 1.29 is 32.2 Å². The van der Waals surface area contributed by atoms with Gasteiger partial charge in [-0.15, -0.1) is 0 Å². The fraction of sp³-hybridized carbons (Fsp3) is 0.360. The number of methoxy groups -OCH3 is 1. The van der Waals surface area contributed by atoms with Crippen molar-refractivity contribution >= 4 is 5.97 Å². The number of esters is 1. The Morgan fingerprint density at radius 1 is 1.09 bits per heavy atom. The van der Waals surface area contributed by atoms with Crippen molar-refractivity contribution in [3.05, 3.63) is 65.9 Å². The predicted octanol–water partition coefficient (Wildman–Crippen LogP) is 5.57. The molecule has 1 aromatic heterocycles. The topological polar surface area (TPSA) is 62.6 Å². The zero-order valence-corrected chi connectivity index (χ0v) is 19.1. The van der Waals surface area contributed by atoms with E-state index in [-0.39, 0.29) is 18.4 Å². The van der Waals surface area contributed by atoms with Crippen LogP contribution < -0.4 is 4.74 Å². The molecule has 6 nitrogen and oxygen atoms in total. The second kappa shape index (κ2) is 9.13. The third-order valence-corrected chi connectivity index (χ3v) is 5.41. The lowest BCUT2D eigenvalue weighted by atomic mass is 10.1. The maximum Gasteiger partial charge on any atom is 0.418 e. The Labute approximate surface area is 195 Å². The van der Waals surface area contributed by atoms with E-state index < -0.39 is 23.3 Å². The normalized spacial score (nSPS) is 14.2. The van der Waals surface area contributed by atoms with Crippen LogP contribution in [0.25, 0.3) is 16.9 Å². The Morgan fingerprint density at radius 2 is 1.82 bits per heavy atom. The van der Waals surface area contributed by atoms with Crippen molar-refractivity contribution in [2.24, 2.45) is 0 Å². The highest BCUT2D eigenvalue weighted by Gasteiger charge is 2.35. The maximum atomic E-state index is 13.8. The Hall–Kier alpha value is -3.33. The zero-order valence-electron chi connectivity index (χ0n) is 19.1. The van der Waals surface area contributed by atoms with E-state index in [9.17, 15) is 18.0 Å². The molecule has 180 valence electrons. The molecule has 1 heterocycles. The monoisotopic (exact) mass is 474 g/mol. The standard InChI is InChI=1S/C25H25F3N2O4/c1-24(2,23(31)32-3)33-15-17-14-22(16-7-6-8-19(13-16)34-18-11-12-18)30(29-17)21-10-5-4-9-20(21)25(26,27)28/h4-10,13-14,18H,11-12,15H2,1-3H3. The van der Waals surface area contributed by atoms with Gasteiger partial charge >= 0.3 is 12.1 Å². The van der Waals surface area contributed by atoms with Crippen LogP contribution in [0.15, 0.2) is 54.6 Å². The summed E-state index contributed by atoms with van der Waals surface area (Å²) >= 11 is 0. The number of hydrogen-bond donors (Lipinski definition) is 0. The minimum absolute atomic E-state index is 0.103. The van der Waals surface area contributed by atoms with E-state index in [0.29, 0.717) is 22.7 Å². The number of nitrogens with zero attached hydrogens (tertiary/aromatic N) is 2. The van der Waals surface area contributed by atoms with Crippen molar-refractivity contribution in [3.63, 3.8) is 0 Å². The number of carbonyl (C=O) groups is 1. The van der Waals surface area contributed by atoms with E-state index in [1.54, 1.807) is 38.1 Å². The Morgan fingerprint density at radius 3 is 2.50 bits per heavy atom. The van der Waals surface area contributed by atoms with Gasteiger partial charge in [-0.2, -0.15) is 18.3 Å².